The lowest BCUT2D eigenvalue weighted by Gasteiger charge is -2.12. The summed E-state index contributed by atoms with van der Waals surface area (Å²) in [6.07, 6.45) is 31.7. The Balaban J connectivity index is 3.72. The summed E-state index contributed by atoms with van der Waals surface area (Å²) in [5.74, 6) is -0.0924. The number of hydrogen-bond acceptors (Lipinski definition) is 6. The molecular formula is C36H60O6. The topological polar surface area (TPSA) is 89.9 Å². The Morgan fingerprint density at radius 1 is 0.643 bits per heavy atom. The van der Waals surface area contributed by atoms with Gasteiger partial charge in [-0.3, -0.25) is 14.4 Å². The molecule has 1 atom stereocenters. The van der Waals surface area contributed by atoms with Crippen LogP contribution >= 0.6 is 0 Å². The molecule has 0 fully saturated rings. The second kappa shape index (κ2) is 30.0. The minimum absolute atomic E-state index is 0.0511. The summed E-state index contributed by atoms with van der Waals surface area (Å²) in [4.78, 5) is 35.7. The molecule has 0 aromatic carbocycles. The molecule has 240 valence electrons. The van der Waals surface area contributed by atoms with Crippen molar-refractivity contribution in [2.75, 3.05) is 13.2 Å². The molecule has 0 aliphatic rings. The summed E-state index contributed by atoms with van der Waals surface area (Å²) in [7, 11) is 0. The van der Waals surface area contributed by atoms with Crippen LogP contribution in [0.1, 0.15) is 136 Å². The van der Waals surface area contributed by atoms with Gasteiger partial charge in [-0.25, -0.2) is 0 Å². The average Bonchev–Trinajstić information content (AvgIpc) is 2.96. The van der Waals surface area contributed by atoms with Crippen LogP contribution in [0.5, 0.6) is 0 Å². The zero-order valence-electron chi connectivity index (χ0n) is 26.9. The maximum absolute atomic E-state index is 11.9. The number of esters is 2. The van der Waals surface area contributed by atoms with Gasteiger partial charge in [0.15, 0.2) is 5.78 Å². The smallest absolute Gasteiger partial charge is 0.305 e. The molecule has 0 rings (SSSR count). The number of ether oxygens (including phenoxy) is 2. The Kier molecular flexibility index (Phi) is 28.2. The van der Waals surface area contributed by atoms with Crippen molar-refractivity contribution in [1.82, 2.24) is 0 Å². The van der Waals surface area contributed by atoms with E-state index in [0.29, 0.717) is 12.8 Å². The fourth-order valence-corrected chi connectivity index (χ4v) is 4.16. The predicted octanol–water partition coefficient (Wildman–Crippen LogP) is 8.93. The van der Waals surface area contributed by atoms with Crippen molar-refractivity contribution in [2.24, 2.45) is 5.92 Å². The first-order valence-corrected chi connectivity index (χ1v) is 16.5. The van der Waals surface area contributed by atoms with Crippen molar-refractivity contribution in [3.05, 3.63) is 48.6 Å². The maximum Gasteiger partial charge on any atom is 0.305 e. The van der Waals surface area contributed by atoms with Gasteiger partial charge >= 0.3 is 11.9 Å². The third-order valence-corrected chi connectivity index (χ3v) is 6.72. The fraction of sp³-hybridized carbons (Fsp3) is 0.694. The van der Waals surface area contributed by atoms with Gasteiger partial charge in [0.2, 0.25) is 0 Å². The normalized spacial score (nSPS) is 12.8. The summed E-state index contributed by atoms with van der Waals surface area (Å²) in [6, 6.07) is 0. The number of hydrogen-bond donors (Lipinski definition) is 1. The third-order valence-electron chi connectivity index (χ3n) is 6.72. The first kappa shape index (κ1) is 39.5. The average molecular weight is 589 g/mol. The van der Waals surface area contributed by atoms with Crippen molar-refractivity contribution in [1.29, 1.82) is 0 Å². The van der Waals surface area contributed by atoms with Gasteiger partial charge in [-0.2, -0.15) is 0 Å². The number of aliphatic hydroxyl groups excluding tert-OH is 1. The van der Waals surface area contributed by atoms with Crippen molar-refractivity contribution in [2.45, 2.75) is 142 Å². The fourth-order valence-electron chi connectivity index (χ4n) is 4.16. The molecule has 0 spiro atoms. The summed E-state index contributed by atoms with van der Waals surface area (Å²) >= 11 is 0. The van der Waals surface area contributed by atoms with E-state index in [0.717, 1.165) is 44.4 Å². The monoisotopic (exact) mass is 588 g/mol. The van der Waals surface area contributed by atoms with E-state index in [1.165, 1.54) is 57.4 Å². The minimum atomic E-state index is -1.05. The molecule has 0 aliphatic heterocycles. The van der Waals surface area contributed by atoms with Gasteiger partial charge in [0.1, 0.15) is 19.3 Å². The van der Waals surface area contributed by atoms with Crippen molar-refractivity contribution >= 4 is 17.7 Å². The quantitative estimate of drug-likeness (QED) is 0.0323. The molecule has 1 N–H and O–H groups in total. The van der Waals surface area contributed by atoms with E-state index in [1.807, 2.05) is 12.2 Å². The highest BCUT2D eigenvalue weighted by Gasteiger charge is 2.12. The molecule has 0 aliphatic carbocycles. The van der Waals surface area contributed by atoms with Gasteiger partial charge in [0.05, 0.1) is 0 Å². The van der Waals surface area contributed by atoms with E-state index in [1.54, 1.807) is 6.08 Å². The summed E-state index contributed by atoms with van der Waals surface area (Å²) in [5.41, 5.74) is 0. The highest BCUT2D eigenvalue weighted by molar-refractivity contribution is 5.90. The molecule has 0 aromatic rings. The molecule has 0 heterocycles. The number of rotatable bonds is 28. The number of carbonyl (C=O) groups excluding carboxylic acids is 3. The molecule has 0 aromatic heterocycles. The van der Waals surface area contributed by atoms with Crippen molar-refractivity contribution in [3.63, 3.8) is 0 Å². The van der Waals surface area contributed by atoms with Gasteiger partial charge in [0.25, 0.3) is 0 Å². The Hall–Kier alpha value is -2.47. The Morgan fingerprint density at radius 3 is 1.86 bits per heavy atom. The minimum Gasteiger partial charge on any atom is -0.463 e. The third kappa shape index (κ3) is 30.5. The van der Waals surface area contributed by atoms with Crippen molar-refractivity contribution < 1.29 is 29.0 Å². The number of allylic oxidation sites excluding steroid dienone is 8. The summed E-state index contributed by atoms with van der Waals surface area (Å²) < 4.78 is 10.1. The second-order valence-corrected chi connectivity index (χ2v) is 11.4. The number of aliphatic hydroxyl groups is 1. The van der Waals surface area contributed by atoms with Crippen LogP contribution in [0, 0.1) is 5.92 Å². The van der Waals surface area contributed by atoms with E-state index in [2.05, 4.69) is 45.1 Å². The van der Waals surface area contributed by atoms with Crippen LogP contribution in [-0.4, -0.2) is 42.1 Å². The van der Waals surface area contributed by atoms with Gasteiger partial charge in [-0.05, 0) is 50.5 Å². The molecule has 0 bridgehead atoms. The summed E-state index contributed by atoms with van der Waals surface area (Å²) in [6.45, 7) is 6.30. The Bertz CT molecular complexity index is 793. The molecule has 0 radical (unpaired) electrons. The standard InChI is InChI=1S/C36H60O6/c1-4-5-6-7-8-9-10-11-12-13-16-19-22-26-33(37)27-24-29-36(40)42-31-34(38)30-41-35(39)28-23-20-17-14-15-18-21-25-32(2)3/h8-9,11-12,16,19,22,26,32,34,38H,4-7,10,13-15,17-18,20-21,23-25,27-31H2,1-3H3/b9-8-,12-11-,19-16-,26-22+/t34-/m1/s1. The second-order valence-electron chi connectivity index (χ2n) is 11.4. The Labute approximate surface area is 256 Å². The van der Waals surface area contributed by atoms with Crippen LogP contribution in [0.15, 0.2) is 48.6 Å². The zero-order chi connectivity index (χ0) is 31.1. The maximum atomic E-state index is 11.9. The van der Waals surface area contributed by atoms with Crippen LogP contribution in [0.3, 0.4) is 0 Å². The van der Waals surface area contributed by atoms with Crippen LogP contribution in [-0.2, 0) is 23.9 Å². The molecular weight excluding hydrogens is 528 g/mol. The molecule has 42 heavy (non-hydrogen) atoms. The first-order valence-electron chi connectivity index (χ1n) is 16.5. The van der Waals surface area contributed by atoms with E-state index >= 15 is 0 Å². The SMILES string of the molecule is CCCCC/C=C\C/C=C\C/C=C\C=C\C(=O)CCCC(=O)OC[C@H](O)COC(=O)CCCCCCCCCC(C)C. The predicted molar refractivity (Wildman–Crippen MR) is 173 cm³/mol. The highest BCUT2D eigenvalue weighted by Crippen LogP contribution is 2.13. The lowest BCUT2D eigenvalue weighted by Crippen LogP contribution is -2.25. The van der Waals surface area contributed by atoms with E-state index < -0.39 is 12.1 Å². The molecule has 6 nitrogen and oxygen atoms in total. The van der Waals surface area contributed by atoms with E-state index in [9.17, 15) is 19.5 Å². The molecule has 0 saturated carbocycles. The van der Waals surface area contributed by atoms with Gasteiger partial charge in [-0.15, -0.1) is 0 Å². The first-order chi connectivity index (χ1) is 20.3. The largest absolute Gasteiger partial charge is 0.463 e. The van der Waals surface area contributed by atoms with Gasteiger partial charge < -0.3 is 14.6 Å². The highest BCUT2D eigenvalue weighted by atomic mass is 16.6. The molecule has 0 amide bonds. The lowest BCUT2D eigenvalue weighted by atomic mass is 10.0. The van der Waals surface area contributed by atoms with Crippen LogP contribution < -0.4 is 0 Å². The van der Waals surface area contributed by atoms with Crippen molar-refractivity contribution in [3.8, 4) is 0 Å². The van der Waals surface area contributed by atoms with Crippen LogP contribution in [0.2, 0.25) is 0 Å². The van der Waals surface area contributed by atoms with Gasteiger partial charge in [0, 0.05) is 19.3 Å². The van der Waals surface area contributed by atoms with E-state index in [4.69, 9.17) is 9.47 Å². The number of carbonyl (C=O) groups is 3. The molecule has 0 unspecified atom stereocenters. The van der Waals surface area contributed by atoms with Crippen LogP contribution in [0.4, 0.5) is 0 Å². The zero-order valence-corrected chi connectivity index (χ0v) is 26.9. The molecule has 6 heteroatoms. The lowest BCUT2D eigenvalue weighted by molar-refractivity contribution is -0.152. The summed E-state index contributed by atoms with van der Waals surface area (Å²) in [5, 5.41) is 9.92. The van der Waals surface area contributed by atoms with Crippen LogP contribution in [0.25, 0.3) is 0 Å². The Morgan fingerprint density at radius 2 is 1.21 bits per heavy atom. The van der Waals surface area contributed by atoms with E-state index in [-0.39, 0.29) is 37.8 Å². The number of ketones is 1. The molecule has 0 saturated heterocycles. The number of unbranched alkanes of at least 4 members (excludes halogenated alkanes) is 9. The van der Waals surface area contributed by atoms with Gasteiger partial charge in [-0.1, -0.05) is 121 Å².